The number of hydrogen-bond acceptors (Lipinski definition) is 5. The van der Waals surface area contributed by atoms with Crippen LogP contribution in [0.25, 0.3) is 0 Å². The molecule has 1 heterocycles. The Labute approximate surface area is 132 Å². The lowest BCUT2D eigenvalue weighted by molar-refractivity contribution is 0.0593. The van der Waals surface area contributed by atoms with E-state index in [0.717, 1.165) is 0 Å². The molecule has 0 aliphatic rings. The van der Waals surface area contributed by atoms with E-state index in [2.05, 4.69) is 15.0 Å². The molecule has 7 heteroatoms. The van der Waals surface area contributed by atoms with Crippen LogP contribution in [0.15, 0.2) is 36.5 Å². The Morgan fingerprint density at radius 1 is 1.18 bits per heavy atom. The normalized spacial score (nSPS) is 9.95. The Kier molecular flexibility index (Phi) is 4.95. The van der Waals surface area contributed by atoms with E-state index in [1.165, 1.54) is 32.5 Å². The van der Waals surface area contributed by atoms with Gasteiger partial charge in [0.25, 0.3) is 5.91 Å². The number of hydrogen-bond donors (Lipinski definition) is 1. The van der Waals surface area contributed by atoms with Crippen molar-refractivity contribution in [2.75, 3.05) is 19.5 Å². The first-order chi connectivity index (χ1) is 10.6. The van der Waals surface area contributed by atoms with Crippen molar-refractivity contribution in [2.24, 2.45) is 0 Å². The Balaban J connectivity index is 2.19. The van der Waals surface area contributed by atoms with E-state index in [1.807, 2.05) is 0 Å². The standard InChI is InChI=1S/C15H13ClN2O4/c1-21-13-10(16)4-3-5-11(13)18-14(19)9-6-7-12(17-8-9)15(20)22-2/h3-8H,1-2H3,(H,18,19). The highest BCUT2D eigenvalue weighted by molar-refractivity contribution is 6.32. The molecule has 0 bridgehead atoms. The van der Waals surface area contributed by atoms with Gasteiger partial charge in [0.05, 0.1) is 30.5 Å². The second kappa shape index (κ2) is 6.91. The second-order valence-corrected chi connectivity index (χ2v) is 4.61. The third-order valence-corrected chi connectivity index (χ3v) is 3.14. The topological polar surface area (TPSA) is 77.5 Å². The van der Waals surface area contributed by atoms with Gasteiger partial charge in [-0.2, -0.15) is 0 Å². The number of rotatable bonds is 4. The highest BCUT2D eigenvalue weighted by Gasteiger charge is 2.13. The number of benzene rings is 1. The summed E-state index contributed by atoms with van der Waals surface area (Å²) in [5.41, 5.74) is 0.853. The molecular formula is C15H13ClN2O4. The van der Waals surface area contributed by atoms with Crippen molar-refractivity contribution in [2.45, 2.75) is 0 Å². The molecule has 0 spiro atoms. The van der Waals surface area contributed by atoms with Crippen molar-refractivity contribution < 1.29 is 19.1 Å². The number of pyridine rings is 1. The van der Waals surface area contributed by atoms with Crippen LogP contribution in [0, 0.1) is 0 Å². The summed E-state index contributed by atoms with van der Waals surface area (Å²) in [6.45, 7) is 0. The Morgan fingerprint density at radius 2 is 1.95 bits per heavy atom. The first-order valence-corrected chi connectivity index (χ1v) is 6.63. The summed E-state index contributed by atoms with van der Waals surface area (Å²) < 4.78 is 9.70. The highest BCUT2D eigenvalue weighted by Crippen LogP contribution is 2.32. The fourth-order valence-electron chi connectivity index (χ4n) is 1.76. The monoisotopic (exact) mass is 320 g/mol. The van der Waals surface area contributed by atoms with Gasteiger partial charge in [-0.15, -0.1) is 0 Å². The maximum atomic E-state index is 12.2. The predicted octanol–water partition coefficient (Wildman–Crippen LogP) is 2.78. The van der Waals surface area contributed by atoms with Gasteiger partial charge in [-0.1, -0.05) is 17.7 Å². The maximum Gasteiger partial charge on any atom is 0.356 e. The molecule has 0 fully saturated rings. The number of amides is 1. The molecule has 0 aliphatic carbocycles. The summed E-state index contributed by atoms with van der Waals surface area (Å²) >= 11 is 5.99. The zero-order valence-electron chi connectivity index (χ0n) is 11.9. The van der Waals surface area contributed by atoms with Crippen molar-refractivity contribution in [3.05, 3.63) is 52.8 Å². The average molecular weight is 321 g/mol. The predicted molar refractivity (Wildman–Crippen MR) is 81.5 cm³/mol. The molecule has 1 N–H and O–H groups in total. The van der Waals surface area contributed by atoms with Crippen LogP contribution >= 0.6 is 11.6 Å². The van der Waals surface area contributed by atoms with Crippen LogP contribution in [-0.2, 0) is 4.74 Å². The van der Waals surface area contributed by atoms with Crippen molar-refractivity contribution >= 4 is 29.2 Å². The van der Waals surface area contributed by atoms with Gasteiger partial charge >= 0.3 is 5.97 Å². The number of carbonyl (C=O) groups excluding carboxylic acids is 2. The van der Waals surface area contributed by atoms with Crippen molar-refractivity contribution in [3.8, 4) is 5.75 Å². The van der Waals surface area contributed by atoms with Gasteiger partial charge in [-0.05, 0) is 24.3 Å². The van der Waals surface area contributed by atoms with Crippen LogP contribution in [0.1, 0.15) is 20.8 Å². The van der Waals surface area contributed by atoms with Gasteiger partial charge < -0.3 is 14.8 Å². The summed E-state index contributed by atoms with van der Waals surface area (Å²) in [5, 5.41) is 3.07. The maximum absolute atomic E-state index is 12.2. The molecule has 0 aliphatic heterocycles. The Bertz CT molecular complexity index is 701. The molecule has 2 rings (SSSR count). The van der Waals surface area contributed by atoms with Crippen molar-refractivity contribution in [1.82, 2.24) is 4.98 Å². The van der Waals surface area contributed by atoms with Crippen LogP contribution in [0.4, 0.5) is 5.69 Å². The minimum atomic E-state index is -0.566. The minimum Gasteiger partial charge on any atom is -0.493 e. The van der Waals surface area contributed by atoms with Gasteiger partial charge in [0.15, 0.2) is 5.75 Å². The van der Waals surface area contributed by atoms with Crippen molar-refractivity contribution in [1.29, 1.82) is 0 Å². The number of aromatic nitrogens is 1. The quantitative estimate of drug-likeness (QED) is 0.876. The lowest BCUT2D eigenvalue weighted by atomic mass is 10.2. The van der Waals surface area contributed by atoms with Crippen molar-refractivity contribution in [3.63, 3.8) is 0 Å². The summed E-state index contributed by atoms with van der Waals surface area (Å²) in [7, 11) is 2.72. The van der Waals surface area contributed by atoms with Gasteiger partial charge in [-0.3, -0.25) is 4.79 Å². The van der Waals surface area contributed by atoms with Gasteiger partial charge in [0, 0.05) is 6.20 Å². The molecule has 1 aromatic carbocycles. The van der Waals surface area contributed by atoms with Gasteiger partial charge in [0.2, 0.25) is 0 Å². The Morgan fingerprint density at radius 3 is 2.55 bits per heavy atom. The summed E-state index contributed by atoms with van der Waals surface area (Å²) in [4.78, 5) is 27.3. The summed E-state index contributed by atoms with van der Waals surface area (Å²) in [5.74, 6) is -0.593. The zero-order valence-corrected chi connectivity index (χ0v) is 12.7. The van der Waals surface area contributed by atoms with E-state index in [9.17, 15) is 9.59 Å². The average Bonchev–Trinajstić information content (AvgIpc) is 2.54. The molecular weight excluding hydrogens is 308 g/mol. The lowest BCUT2D eigenvalue weighted by Crippen LogP contribution is -2.14. The molecule has 1 aromatic heterocycles. The highest BCUT2D eigenvalue weighted by atomic mass is 35.5. The number of nitrogens with zero attached hydrogens (tertiary/aromatic N) is 1. The fourth-order valence-corrected chi connectivity index (χ4v) is 2.01. The number of halogens is 1. The molecule has 0 atom stereocenters. The number of carbonyl (C=O) groups is 2. The molecule has 22 heavy (non-hydrogen) atoms. The third kappa shape index (κ3) is 3.35. The van der Waals surface area contributed by atoms with E-state index in [1.54, 1.807) is 18.2 Å². The minimum absolute atomic E-state index is 0.124. The van der Waals surface area contributed by atoms with Gasteiger partial charge in [0.1, 0.15) is 5.69 Å². The summed E-state index contributed by atoms with van der Waals surface area (Å²) in [6.07, 6.45) is 1.29. The van der Waals surface area contributed by atoms with E-state index in [-0.39, 0.29) is 11.3 Å². The largest absolute Gasteiger partial charge is 0.493 e. The van der Waals surface area contributed by atoms with E-state index in [4.69, 9.17) is 16.3 Å². The number of ether oxygens (including phenoxy) is 2. The fraction of sp³-hybridized carbons (Fsp3) is 0.133. The molecule has 0 saturated carbocycles. The van der Waals surface area contributed by atoms with Gasteiger partial charge in [-0.25, -0.2) is 9.78 Å². The summed E-state index contributed by atoms with van der Waals surface area (Å²) in [6, 6.07) is 7.91. The first kappa shape index (κ1) is 15.8. The van der Waals surface area contributed by atoms with E-state index < -0.39 is 11.9 Å². The molecule has 2 aromatic rings. The molecule has 1 amide bonds. The number of methoxy groups -OCH3 is 2. The molecule has 0 radical (unpaired) electrons. The zero-order chi connectivity index (χ0) is 16.1. The van der Waals surface area contributed by atoms with Crippen LogP contribution in [0.3, 0.4) is 0 Å². The molecule has 6 nitrogen and oxygen atoms in total. The number of para-hydroxylation sites is 1. The smallest absolute Gasteiger partial charge is 0.356 e. The SMILES string of the molecule is COC(=O)c1ccc(C(=O)Nc2cccc(Cl)c2OC)cn1. The number of esters is 1. The van der Waals surface area contributed by atoms with Crippen LogP contribution in [0.5, 0.6) is 5.75 Å². The number of anilines is 1. The van der Waals surface area contributed by atoms with Crippen LogP contribution in [0.2, 0.25) is 5.02 Å². The number of nitrogens with one attached hydrogen (secondary N) is 1. The molecule has 0 unspecified atom stereocenters. The second-order valence-electron chi connectivity index (χ2n) is 4.20. The van der Waals surface area contributed by atoms with E-state index in [0.29, 0.717) is 16.5 Å². The molecule has 114 valence electrons. The molecule has 0 saturated heterocycles. The van der Waals surface area contributed by atoms with Crippen LogP contribution in [-0.4, -0.2) is 31.1 Å². The third-order valence-electron chi connectivity index (χ3n) is 2.84. The first-order valence-electron chi connectivity index (χ1n) is 6.25. The Hall–Kier alpha value is -2.60. The van der Waals surface area contributed by atoms with Crippen LogP contribution < -0.4 is 10.1 Å². The lowest BCUT2D eigenvalue weighted by Gasteiger charge is -2.11. The van der Waals surface area contributed by atoms with E-state index >= 15 is 0 Å².